The minimum absolute atomic E-state index is 0.0598. The highest BCUT2D eigenvalue weighted by atomic mass is 16.5. The van der Waals surface area contributed by atoms with Crippen LogP contribution in [0, 0.1) is 0 Å². The Morgan fingerprint density at radius 2 is 2.05 bits per heavy atom. The number of fused-ring (bicyclic) bond motifs is 1. The first kappa shape index (κ1) is 13.5. The maximum Gasteiger partial charge on any atom is 0.319 e. The quantitative estimate of drug-likeness (QED) is 0.719. The van der Waals surface area contributed by atoms with Crippen molar-refractivity contribution in [1.29, 1.82) is 0 Å². The fraction of sp³-hybridized carbons (Fsp3) is 0.462. The van der Waals surface area contributed by atoms with Crippen LogP contribution >= 0.6 is 0 Å². The monoisotopic (exact) mass is 266 g/mol. The molecule has 0 bridgehead atoms. The first-order chi connectivity index (χ1) is 9.29. The molecule has 2 rings (SSSR count). The molecule has 1 heterocycles. The number of benzene rings is 1. The van der Waals surface area contributed by atoms with Crippen LogP contribution in [-0.2, 0) is 0 Å². The van der Waals surface area contributed by atoms with Gasteiger partial charge in [-0.3, -0.25) is 0 Å². The summed E-state index contributed by atoms with van der Waals surface area (Å²) in [7, 11) is 0. The molecule has 0 radical (unpaired) electrons. The molecule has 0 aromatic heterocycles. The standard InChI is InChI=1S/C13H18N2O4/c16-6-1-5-14-13(17)15-10-3-4-11-12(9-10)19-8-2-7-18-11/h3-4,9,16H,1-2,5-8H2,(H2,14,15,17). The molecule has 0 atom stereocenters. The Hall–Kier alpha value is -1.95. The lowest BCUT2D eigenvalue weighted by Gasteiger charge is -2.11. The van der Waals surface area contributed by atoms with Crippen molar-refractivity contribution in [1.82, 2.24) is 5.32 Å². The van der Waals surface area contributed by atoms with Crippen molar-refractivity contribution in [3.8, 4) is 11.5 Å². The van der Waals surface area contributed by atoms with Gasteiger partial charge in [-0.25, -0.2) is 4.79 Å². The zero-order valence-corrected chi connectivity index (χ0v) is 10.6. The van der Waals surface area contributed by atoms with Crippen LogP contribution < -0.4 is 20.1 Å². The highest BCUT2D eigenvalue weighted by molar-refractivity contribution is 5.89. The average Bonchev–Trinajstić information content (AvgIpc) is 2.63. The van der Waals surface area contributed by atoms with E-state index in [4.69, 9.17) is 14.6 Å². The zero-order chi connectivity index (χ0) is 13.5. The van der Waals surface area contributed by atoms with E-state index < -0.39 is 0 Å². The van der Waals surface area contributed by atoms with E-state index in [1.807, 2.05) is 0 Å². The van der Waals surface area contributed by atoms with Gasteiger partial charge in [-0.05, 0) is 18.6 Å². The van der Waals surface area contributed by atoms with Crippen molar-refractivity contribution >= 4 is 11.7 Å². The lowest BCUT2D eigenvalue weighted by molar-refractivity contribution is 0.249. The number of hydrogen-bond acceptors (Lipinski definition) is 4. The summed E-state index contributed by atoms with van der Waals surface area (Å²) in [6.45, 7) is 1.75. The number of aliphatic hydroxyl groups excluding tert-OH is 1. The van der Waals surface area contributed by atoms with Crippen LogP contribution in [0.1, 0.15) is 12.8 Å². The lowest BCUT2D eigenvalue weighted by Crippen LogP contribution is -2.29. The Morgan fingerprint density at radius 1 is 1.26 bits per heavy atom. The minimum Gasteiger partial charge on any atom is -0.490 e. The summed E-state index contributed by atoms with van der Waals surface area (Å²) in [5.41, 5.74) is 0.644. The number of anilines is 1. The number of aliphatic hydroxyl groups is 1. The molecule has 0 unspecified atom stereocenters. The molecule has 1 aliphatic rings. The molecule has 0 fully saturated rings. The smallest absolute Gasteiger partial charge is 0.319 e. The SMILES string of the molecule is O=C(NCCCO)Nc1ccc2c(c1)OCCCO2. The fourth-order valence-corrected chi connectivity index (χ4v) is 1.70. The normalized spacial score (nSPS) is 13.5. The van der Waals surface area contributed by atoms with Gasteiger partial charge in [0, 0.05) is 31.3 Å². The van der Waals surface area contributed by atoms with Crippen LogP contribution in [0.25, 0.3) is 0 Å². The topological polar surface area (TPSA) is 79.8 Å². The number of hydrogen-bond donors (Lipinski definition) is 3. The van der Waals surface area contributed by atoms with Crippen molar-refractivity contribution in [2.45, 2.75) is 12.8 Å². The second-order valence-corrected chi connectivity index (χ2v) is 4.17. The fourth-order valence-electron chi connectivity index (χ4n) is 1.70. The molecule has 104 valence electrons. The maximum absolute atomic E-state index is 11.5. The first-order valence-electron chi connectivity index (χ1n) is 6.35. The highest BCUT2D eigenvalue weighted by Gasteiger charge is 2.11. The van der Waals surface area contributed by atoms with E-state index in [0.29, 0.717) is 43.4 Å². The number of carbonyl (C=O) groups excluding carboxylic acids is 1. The maximum atomic E-state index is 11.5. The average molecular weight is 266 g/mol. The van der Waals surface area contributed by atoms with Crippen LogP contribution in [-0.4, -0.2) is 37.5 Å². The van der Waals surface area contributed by atoms with Gasteiger partial charge in [-0.15, -0.1) is 0 Å². The molecular formula is C13H18N2O4. The van der Waals surface area contributed by atoms with Gasteiger partial charge in [0.05, 0.1) is 13.2 Å². The Balaban J connectivity index is 1.94. The third kappa shape index (κ3) is 4.03. The third-order valence-electron chi connectivity index (χ3n) is 2.63. The van der Waals surface area contributed by atoms with Crippen LogP contribution in [0.5, 0.6) is 11.5 Å². The number of amides is 2. The Morgan fingerprint density at radius 3 is 2.84 bits per heavy atom. The number of urea groups is 1. The van der Waals surface area contributed by atoms with Crippen molar-refractivity contribution in [2.75, 3.05) is 31.7 Å². The zero-order valence-electron chi connectivity index (χ0n) is 10.6. The first-order valence-corrected chi connectivity index (χ1v) is 6.35. The molecule has 2 amide bonds. The second kappa shape index (κ2) is 6.84. The molecule has 0 spiro atoms. The van der Waals surface area contributed by atoms with Gasteiger partial charge < -0.3 is 25.2 Å². The van der Waals surface area contributed by atoms with E-state index in [1.54, 1.807) is 18.2 Å². The molecule has 6 heteroatoms. The van der Waals surface area contributed by atoms with Gasteiger partial charge in [0.2, 0.25) is 0 Å². The molecule has 19 heavy (non-hydrogen) atoms. The van der Waals surface area contributed by atoms with Crippen LogP contribution in [0.4, 0.5) is 10.5 Å². The Bertz CT molecular complexity index is 437. The van der Waals surface area contributed by atoms with Crippen molar-refractivity contribution in [3.05, 3.63) is 18.2 Å². The van der Waals surface area contributed by atoms with Gasteiger partial charge in [-0.2, -0.15) is 0 Å². The lowest BCUT2D eigenvalue weighted by atomic mass is 10.3. The summed E-state index contributed by atoms with van der Waals surface area (Å²) in [5.74, 6) is 1.34. The van der Waals surface area contributed by atoms with Crippen LogP contribution in [0.2, 0.25) is 0 Å². The van der Waals surface area contributed by atoms with Crippen molar-refractivity contribution < 1.29 is 19.4 Å². The minimum atomic E-state index is -0.303. The molecule has 0 aliphatic carbocycles. The van der Waals surface area contributed by atoms with E-state index >= 15 is 0 Å². The Labute approximate surface area is 111 Å². The van der Waals surface area contributed by atoms with Gasteiger partial charge in [0.15, 0.2) is 11.5 Å². The van der Waals surface area contributed by atoms with Crippen molar-refractivity contribution in [3.63, 3.8) is 0 Å². The number of carbonyl (C=O) groups is 1. The summed E-state index contributed by atoms with van der Waals surface area (Å²) in [4.78, 5) is 11.5. The van der Waals surface area contributed by atoms with Gasteiger partial charge >= 0.3 is 6.03 Å². The summed E-state index contributed by atoms with van der Waals surface area (Å²) in [5, 5.41) is 14.0. The molecule has 6 nitrogen and oxygen atoms in total. The molecule has 0 saturated carbocycles. The van der Waals surface area contributed by atoms with E-state index in [9.17, 15) is 4.79 Å². The molecule has 1 aliphatic heterocycles. The predicted octanol–water partition coefficient (Wildman–Crippen LogP) is 1.35. The summed E-state index contributed by atoms with van der Waals surface area (Å²) in [6, 6.07) is 4.98. The third-order valence-corrected chi connectivity index (χ3v) is 2.63. The molecule has 1 aromatic carbocycles. The van der Waals surface area contributed by atoms with Crippen LogP contribution in [0.3, 0.4) is 0 Å². The van der Waals surface area contributed by atoms with Crippen molar-refractivity contribution in [2.24, 2.45) is 0 Å². The van der Waals surface area contributed by atoms with E-state index in [0.717, 1.165) is 6.42 Å². The van der Waals surface area contributed by atoms with Gasteiger partial charge in [-0.1, -0.05) is 0 Å². The number of rotatable bonds is 4. The Kier molecular flexibility index (Phi) is 4.85. The second-order valence-electron chi connectivity index (χ2n) is 4.17. The predicted molar refractivity (Wildman–Crippen MR) is 70.8 cm³/mol. The highest BCUT2D eigenvalue weighted by Crippen LogP contribution is 2.32. The summed E-state index contributed by atoms with van der Waals surface area (Å²) in [6.07, 6.45) is 1.38. The van der Waals surface area contributed by atoms with Crippen LogP contribution in [0.15, 0.2) is 18.2 Å². The summed E-state index contributed by atoms with van der Waals surface area (Å²) >= 11 is 0. The number of ether oxygens (including phenoxy) is 2. The molecule has 3 N–H and O–H groups in total. The van der Waals surface area contributed by atoms with E-state index in [1.165, 1.54) is 0 Å². The molecular weight excluding hydrogens is 248 g/mol. The largest absolute Gasteiger partial charge is 0.490 e. The number of nitrogens with one attached hydrogen (secondary N) is 2. The molecule has 1 aromatic rings. The van der Waals surface area contributed by atoms with Gasteiger partial charge in [0.25, 0.3) is 0 Å². The van der Waals surface area contributed by atoms with Gasteiger partial charge in [0.1, 0.15) is 0 Å². The summed E-state index contributed by atoms with van der Waals surface area (Å²) < 4.78 is 11.0. The van der Waals surface area contributed by atoms with E-state index in [-0.39, 0.29) is 12.6 Å². The molecule has 0 saturated heterocycles. The van der Waals surface area contributed by atoms with E-state index in [2.05, 4.69) is 10.6 Å².